The van der Waals surface area contributed by atoms with Gasteiger partial charge in [-0.3, -0.25) is 0 Å². The first-order valence-corrected chi connectivity index (χ1v) is 3.70. The van der Waals surface area contributed by atoms with E-state index in [4.69, 9.17) is 24.6 Å². The molecule has 0 amide bonds. The van der Waals surface area contributed by atoms with E-state index in [2.05, 4.69) is 0 Å². The fourth-order valence-electron chi connectivity index (χ4n) is 0.785. The van der Waals surface area contributed by atoms with E-state index in [0.717, 1.165) is 0 Å². The minimum absolute atomic E-state index is 0. The smallest absolute Gasteiger partial charge is 0.482 e. The number of aromatic hydroxyl groups is 1. The highest BCUT2D eigenvalue weighted by molar-refractivity contribution is 6.13. The van der Waals surface area contributed by atoms with Gasteiger partial charge in [-0.25, -0.2) is 0 Å². The second-order valence-corrected chi connectivity index (χ2v) is 2.15. The van der Waals surface area contributed by atoms with Crippen LogP contribution in [-0.2, 0) is 0 Å². The van der Waals surface area contributed by atoms with Gasteiger partial charge >= 0.3 is 7.69 Å². The third-order valence-corrected chi connectivity index (χ3v) is 1.39. The highest BCUT2D eigenvalue weighted by atomic mass is 16.5. The molecule has 0 aromatic heterocycles. The second-order valence-electron chi connectivity index (χ2n) is 2.15. The van der Waals surface area contributed by atoms with Crippen LogP contribution in [0.2, 0.25) is 0 Å². The number of rotatable bonds is 2. The van der Waals surface area contributed by atoms with Crippen LogP contribution in [0.1, 0.15) is 0 Å². The summed E-state index contributed by atoms with van der Waals surface area (Å²) in [6, 6.07) is 4.81. The van der Waals surface area contributed by atoms with Gasteiger partial charge in [-0.15, -0.1) is 0 Å². The van der Waals surface area contributed by atoms with Gasteiger partial charge in [0.05, 0.1) is 14.2 Å². The molecule has 0 heterocycles. The van der Waals surface area contributed by atoms with E-state index in [1.54, 1.807) is 19.2 Å². The maximum Gasteiger partial charge on any atom is 0.482 e. The predicted octanol–water partition coefficient (Wildman–Crippen LogP) is -0.0854. The van der Waals surface area contributed by atoms with Gasteiger partial charge in [0.25, 0.3) is 0 Å². The van der Waals surface area contributed by atoms with Crippen LogP contribution >= 0.6 is 0 Å². The topological polar surface area (TPSA) is 79.2 Å². The van der Waals surface area contributed by atoms with Crippen LogP contribution in [0.4, 0.5) is 0 Å². The SMILES string of the molecule is COc1ccc(O)c(OC)c1.O[B]O. The Bertz CT molecular complexity index is 266. The van der Waals surface area contributed by atoms with Crippen LogP contribution < -0.4 is 9.47 Å². The number of phenolic OH excluding ortho intramolecular Hbond substituents is 1. The molecule has 0 saturated carbocycles. The maximum atomic E-state index is 9.15. The first kappa shape index (κ1) is 12.6. The number of hydrogen-bond acceptors (Lipinski definition) is 5. The van der Waals surface area contributed by atoms with Crippen molar-refractivity contribution < 1.29 is 24.6 Å². The molecule has 14 heavy (non-hydrogen) atoms. The first-order chi connectivity index (χ1) is 6.69. The van der Waals surface area contributed by atoms with Gasteiger partial charge < -0.3 is 24.6 Å². The summed E-state index contributed by atoms with van der Waals surface area (Å²) in [5.41, 5.74) is 0. The Balaban J connectivity index is 0.000000500. The van der Waals surface area contributed by atoms with E-state index in [-0.39, 0.29) is 13.4 Å². The number of phenols is 1. The fourth-order valence-corrected chi connectivity index (χ4v) is 0.785. The zero-order chi connectivity index (χ0) is 11.0. The lowest BCUT2D eigenvalue weighted by molar-refractivity contribution is 0.364. The fraction of sp³-hybridized carbons (Fsp3) is 0.250. The van der Waals surface area contributed by atoms with Crippen molar-refractivity contribution in [3.05, 3.63) is 18.2 Å². The number of hydrogen-bond donors (Lipinski definition) is 3. The zero-order valence-electron chi connectivity index (χ0n) is 7.97. The second kappa shape index (κ2) is 7.05. The molecule has 77 valence electrons. The molecule has 1 aromatic carbocycles. The summed E-state index contributed by atoms with van der Waals surface area (Å²) < 4.78 is 9.78. The van der Waals surface area contributed by atoms with Crippen LogP contribution in [0.25, 0.3) is 0 Å². The van der Waals surface area contributed by atoms with Gasteiger partial charge in [0.2, 0.25) is 0 Å². The van der Waals surface area contributed by atoms with Crippen LogP contribution in [-0.4, -0.2) is 37.1 Å². The van der Waals surface area contributed by atoms with E-state index < -0.39 is 0 Å². The van der Waals surface area contributed by atoms with Crippen molar-refractivity contribution in [1.82, 2.24) is 0 Å². The van der Waals surface area contributed by atoms with Crippen molar-refractivity contribution in [2.45, 2.75) is 0 Å². The monoisotopic (exact) mass is 199 g/mol. The molecule has 1 rings (SSSR count). The summed E-state index contributed by atoms with van der Waals surface area (Å²) in [4.78, 5) is 0. The van der Waals surface area contributed by atoms with Gasteiger partial charge in [0.15, 0.2) is 11.5 Å². The van der Waals surface area contributed by atoms with Crippen molar-refractivity contribution in [3.63, 3.8) is 0 Å². The minimum atomic E-state index is 0. The molecule has 1 radical (unpaired) electrons. The summed E-state index contributed by atoms with van der Waals surface area (Å²) in [5, 5.41) is 23.1. The number of benzene rings is 1. The standard InChI is InChI=1S/C8H10O3.BH2O2/c1-10-6-3-4-7(9)8(5-6)11-2;2-1-3/h3-5,9H,1-2H3;2-3H. The molecule has 1 aromatic rings. The quantitative estimate of drug-likeness (QED) is 0.580. The minimum Gasteiger partial charge on any atom is -0.504 e. The van der Waals surface area contributed by atoms with E-state index in [9.17, 15) is 0 Å². The molecule has 5 nitrogen and oxygen atoms in total. The Labute approximate surface area is 82.8 Å². The molecule has 6 heteroatoms. The Morgan fingerprint density at radius 1 is 1.14 bits per heavy atom. The third kappa shape index (κ3) is 4.02. The molecule has 0 aliphatic carbocycles. The molecule has 0 bridgehead atoms. The lowest BCUT2D eigenvalue weighted by Gasteiger charge is -2.04. The normalized spacial score (nSPS) is 8.29. The van der Waals surface area contributed by atoms with Gasteiger partial charge in [0, 0.05) is 6.07 Å². The molecule has 0 unspecified atom stereocenters. The Kier molecular flexibility index (Phi) is 6.35. The van der Waals surface area contributed by atoms with Crippen LogP contribution in [0.15, 0.2) is 18.2 Å². The Morgan fingerprint density at radius 3 is 2.14 bits per heavy atom. The molecular weight excluding hydrogens is 187 g/mol. The molecule has 0 aliphatic rings. The van der Waals surface area contributed by atoms with Crippen LogP contribution in [0.3, 0.4) is 0 Å². The first-order valence-electron chi connectivity index (χ1n) is 3.70. The van der Waals surface area contributed by atoms with E-state index in [1.165, 1.54) is 13.2 Å². The molecule has 0 saturated heterocycles. The summed E-state index contributed by atoms with van der Waals surface area (Å²) in [7, 11) is 3.06. The summed E-state index contributed by atoms with van der Waals surface area (Å²) >= 11 is 0. The molecular formula is C8H12BO5. The van der Waals surface area contributed by atoms with Crippen molar-refractivity contribution in [3.8, 4) is 17.2 Å². The summed E-state index contributed by atoms with van der Waals surface area (Å²) in [5.74, 6) is 1.21. The van der Waals surface area contributed by atoms with Crippen molar-refractivity contribution in [1.29, 1.82) is 0 Å². The highest BCUT2D eigenvalue weighted by Crippen LogP contribution is 2.29. The summed E-state index contributed by atoms with van der Waals surface area (Å²) in [6.07, 6.45) is 0. The Morgan fingerprint density at radius 2 is 1.71 bits per heavy atom. The molecule has 0 aliphatic heterocycles. The van der Waals surface area contributed by atoms with Crippen molar-refractivity contribution in [2.75, 3.05) is 14.2 Å². The lowest BCUT2D eigenvalue weighted by Crippen LogP contribution is -1.86. The van der Waals surface area contributed by atoms with E-state index in [1.807, 2.05) is 0 Å². The number of ether oxygens (including phenoxy) is 2. The van der Waals surface area contributed by atoms with E-state index in [0.29, 0.717) is 11.5 Å². The van der Waals surface area contributed by atoms with Gasteiger partial charge in [-0.2, -0.15) is 0 Å². The summed E-state index contributed by atoms with van der Waals surface area (Å²) in [6.45, 7) is 0. The maximum absolute atomic E-state index is 9.15. The zero-order valence-corrected chi connectivity index (χ0v) is 7.97. The van der Waals surface area contributed by atoms with Crippen molar-refractivity contribution >= 4 is 7.69 Å². The predicted molar refractivity (Wildman–Crippen MR) is 51.4 cm³/mol. The van der Waals surface area contributed by atoms with Crippen LogP contribution in [0, 0.1) is 0 Å². The molecule has 0 spiro atoms. The molecule has 3 N–H and O–H groups in total. The average Bonchev–Trinajstić information content (AvgIpc) is 2.20. The average molecular weight is 199 g/mol. The molecule has 0 atom stereocenters. The number of methoxy groups -OCH3 is 2. The van der Waals surface area contributed by atoms with Gasteiger partial charge in [-0.1, -0.05) is 0 Å². The third-order valence-electron chi connectivity index (χ3n) is 1.39. The Hall–Kier alpha value is -1.40. The van der Waals surface area contributed by atoms with Crippen molar-refractivity contribution in [2.24, 2.45) is 0 Å². The van der Waals surface area contributed by atoms with E-state index >= 15 is 0 Å². The highest BCUT2D eigenvalue weighted by Gasteiger charge is 2.00. The lowest BCUT2D eigenvalue weighted by atomic mass is 10.3. The van der Waals surface area contributed by atoms with Crippen LogP contribution in [0.5, 0.6) is 17.2 Å². The van der Waals surface area contributed by atoms with Gasteiger partial charge in [0.1, 0.15) is 5.75 Å². The largest absolute Gasteiger partial charge is 0.504 e. The van der Waals surface area contributed by atoms with Gasteiger partial charge in [-0.05, 0) is 12.1 Å². The molecule has 0 fully saturated rings.